The van der Waals surface area contributed by atoms with Crippen molar-refractivity contribution in [1.29, 1.82) is 0 Å². The second-order valence-electron chi connectivity index (χ2n) is 4.49. The van der Waals surface area contributed by atoms with E-state index in [1.165, 1.54) is 6.92 Å². The van der Waals surface area contributed by atoms with E-state index < -0.39 is 12.0 Å². The molecule has 6 heteroatoms. The molecule has 0 spiro atoms. The fraction of sp³-hybridized carbons (Fsp3) is 0.308. The van der Waals surface area contributed by atoms with Gasteiger partial charge in [0.2, 0.25) is 11.8 Å². The number of fused-ring (bicyclic) bond motifs is 1. The minimum absolute atomic E-state index is 0.0820. The predicted octanol–water partition coefficient (Wildman–Crippen LogP) is 0.833. The van der Waals surface area contributed by atoms with Crippen molar-refractivity contribution in [3.63, 3.8) is 0 Å². The molecule has 2 amide bonds. The Bertz CT molecular complexity index is 538. The lowest BCUT2D eigenvalue weighted by Crippen LogP contribution is -2.28. The zero-order valence-electron chi connectivity index (χ0n) is 10.4. The lowest BCUT2D eigenvalue weighted by Gasteiger charge is -2.17. The van der Waals surface area contributed by atoms with Crippen molar-refractivity contribution in [3.05, 3.63) is 29.3 Å². The SMILES string of the molecule is CC(=O)NC(CC(=O)O)c1ccc2c(c1)CC(=O)N2. The number of carboxylic acids is 1. The Labute approximate surface area is 109 Å². The number of carbonyl (C=O) groups is 3. The fourth-order valence-electron chi connectivity index (χ4n) is 2.14. The Hall–Kier alpha value is -2.37. The lowest BCUT2D eigenvalue weighted by atomic mass is 10.00. The summed E-state index contributed by atoms with van der Waals surface area (Å²) in [6.07, 6.45) is 0.0861. The van der Waals surface area contributed by atoms with Crippen molar-refractivity contribution < 1.29 is 19.5 Å². The van der Waals surface area contributed by atoms with Crippen molar-refractivity contribution in [3.8, 4) is 0 Å². The summed E-state index contributed by atoms with van der Waals surface area (Å²) in [5, 5.41) is 14.2. The molecule has 1 unspecified atom stereocenters. The van der Waals surface area contributed by atoms with Gasteiger partial charge in [-0.05, 0) is 17.2 Å². The number of amides is 2. The Kier molecular flexibility index (Phi) is 3.50. The van der Waals surface area contributed by atoms with Crippen LogP contribution in [-0.2, 0) is 20.8 Å². The predicted molar refractivity (Wildman–Crippen MR) is 67.6 cm³/mol. The minimum Gasteiger partial charge on any atom is -0.481 e. The van der Waals surface area contributed by atoms with E-state index in [4.69, 9.17) is 5.11 Å². The molecule has 6 nitrogen and oxygen atoms in total. The largest absolute Gasteiger partial charge is 0.481 e. The van der Waals surface area contributed by atoms with E-state index in [-0.39, 0.29) is 24.7 Å². The van der Waals surface area contributed by atoms with Crippen molar-refractivity contribution in [2.24, 2.45) is 0 Å². The summed E-state index contributed by atoms with van der Waals surface area (Å²) in [6, 6.07) is 4.62. The van der Waals surface area contributed by atoms with Crippen LogP contribution >= 0.6 is 0 Å². The normalized spacial score (nSPS) is 14.5. The third-order valence-electron chi connectivity index (χ3n) is 2.91. The zero-order valence-corrected chi connectivity index (χ0v) is 10.4. The number of hydrogen-bond acceptors (Lipinski definition) is 3. The number of nitrogens with one attached hydrogen (secondary N) is 2. The zero-order chi connectivity index (χ0) is 14.0. The van der Waals surface area contributed by atoms with Gasteiger partial charge in [0.1, 0.15) is 0 Å². The van der Waals surface area contributed by atoms with E-state index in [0.29, 0.717) is 5.56 Å². The van der Waals surface area contributed by atoms with Crippen molar-refractivity contribution in [2.45, 2.75) is 25.8 Å². The number of rotatable bonds is 4. The first-order valence-corrected chi connectivity index (χ1v) is 5.87. The van der Waals surface area contributed by atoms with E-state index in [1.54, 1.807) is 18.2 Å². The van der Waals surface area contributed by atoms with Crippen molar-refractivity contribution in [1.82, 2.24) is 5.32 Å². The van der Waals surface area contributed by atoms with E-state index in [0.717, 1.165) is 11.3 Å². The molecule has 1 aliphatic rings. The number of benzene rings is 1. The molecule has 0 aromatic heterocycles. The molecule has 0 saturated carbocycles. The Balaban J connectivity index is 2.27. The quantitative estimate of drug-likeness (QED) is 0.749. The van der Waals surface area contributed by atoms with Gasteiger partial charge in [-0.1, -0.05) is 12.1 Å². The highest BCUT2D eigenvalue weighted by atomic mass is 16.4. The summed E-state index contributed by atoms with van der Waals surface area (Å²) in [6.45, 7) is 1.34. The van der Waals surface area contributed by atoms with Crippen LogP contribution in [0.15, 0.2) is 18.2 Å². The number of hydrogen-bond donors (Lipinski definition) is 3. The molecule has 1 heterocycles. The fourth-order valence-corrected chi connectivity index (χ4v) is 2.14. The smallest absolute Gasteiger partial charge is 0.305 e. The monoisotopic (exact) mass is 262 g/mol. The van der Waals surface area contributed by atoms with Crippen LogP contribution in [0.2, 0.25) is 0 Å². The molecule has 1 aliphatic heterocycles. The maximum Gasteiger partial charge on any atom is 0.305 e. The highest BCUT2D eigenvalue weighted by molar-refractivity contribution is 5.99. The summed E-state index contributed by atoms with van der Waals surface area (Å²) in [7, 11) is 0. The van der Waals surface area contributed by atoms with Crippen LogP contribution in [0.25, 0.3) is 0 Å². The van der Waals surface area contributed by atoms with Crippen LogP contribution in [0.1, 0.15) is 30.5 Å². The highest BCUT2D eigenvalue weighted by Gasteiger charge is 2.21. The molecule has 0 saturated heterocycles. The molecule has 2 rings (SSSR count). The van der Waals surface area contributed by atoms with Crippen LogP contribution in [0.5, 0.6) is 0 Å². The van der Waals surface area contributed by atoms with Crippen LogP contribution in [-0.4, -0.2) is 22.9 Å². The third-order valence-corrected chi connectivity index (χ3v) is 2.91. The standard InChI is InChI=1S/C13H14N2O4/c1-7(16)14-11(6-13(18)19)8-2-3-10-9(4-8)5-12(17)15-10/h2-4,11H,5-6H2,1H3,(H,14,16)(H,15,17)(H,18,19). The second kappa shape index (κ2) is 5.09. The van der Waals surface area contributed by atoms with Gasteiger partial charge in [-0.15, -0.1) is 0 Å². The Morgan fingerprint density at radius 2 is 2.21 bits per heavy atom. The van der Waals surface area contributed by atoms with Gasteiger partial charge in [0.25, 0.3) is 0 Å². The average molecular weight is 262 g/mol. The summed E-state index contributed by atoms with van der Waals surface area (Å²) >= 11 is 0. The van der Waals surface area contributed by atoms with Gasteiger partial charge in [0.05, 0.1) is 18.9 Å². The first-order chi connectivity index (χ1) is 8.95. The molecule has 3 N–H and O–H groups in total. The van der Waals surface area contributed by atoms with Gasteiger partial charge in [0.15, 0.2) is 0 Å². The number of carboxylic acid groups (broad SMARTS) is 1. The van der Waals surface area contributed by atoms with E-state index in [2.05, 4.69) is 10.6 Å². The maximum absolute atomic E-state index is 11.3. The molecule has 0 aliphatic carbocycles. The average Bonchev–Trinajstić information content (AvgIpc) is 2.65. The number of carbonyl (C=O) groups excluding carboxylic acids is 2. The summed E-state index contributed by atoms with van der Waals surface area (Å²) in [4.78, 5) is 33.2. The second-order valence-corrected chi connectivity index (χ2v) is 4.49. The van der Waals surface area contributed by atoms with Gasteiger partial charge < -0.3 is 15.7 Å². The molecule has 1 aromatic rings. The Morgan fingerprint density at radius 1 is 1.47 bits per heavy atom. The van der Waals surface area contributed by atoms with Gasteiger partial charge in [-0.2, -0.15) is 0 Å². The molecule has 1 aromatic carbocycles. The first kappa shape index (κ1) is 13.1. The van der Waals surface area contributed by atoms with E-state index in [9.17, 15) is 14.4 Å². The maximum atomic E-state index is 11.3. The molecule has 0 bridgehead atoms. The number of anilines is 1. The van der Waals surface area contributed by atoms with Gasteiger partial charge in [0, 0.05) is 12.6 Å². The Morgan fingerprint density at radius 3 is 2.84 bits per heavy atom. The van der Waals surface area contributed by atoms with Crippen molar-refractivity contribution in [2.75, 3.05) is 5.32 Å². The van der Waals surface area contributed by atoms with E-state index >= 15 is 0 Å². The van der Waals surface area contributed by atoms with Crippen LogP contribution in [0.3, 0.4) is 0 Å². The van der Waals surface area contributed by atoms with Crippen molar-refractivity contribution >= 4 is 23.5 Å². The molecular formula is C13H14N2O4. The topological polar surface area (TPSA) is 95.5 Å². The molecule has 0 radical (unpaired) electrons. The summed E-state index contributed by atoms with van der Waals surface area (Å²) in [5.74, 6) is -1.36. The molecule has 1 atom stereocenters. The van der Waals surface area contributed by atoms with Crippen LogP contribution in [0.4, 0.5) is 5.69 Å². The third kappa shape index (κ3) is 3.09. The molecule has 19 heavy (non-hydrogen) atoms. The van der Waals surface area contributed by atoms with Gasteiger partial charge in [-0.3, -0.25) is 14.4 Å². The molecule has 100 valence electrons. The van der Waals surface area contributed by atoms with Gasteiger partial charge >= 0.3 is 5.97 Å². The highest BCUT2D eigenvalue weighted by Crippen LogP contribution is 2.27. The van der Waals surface area contributed by atoms with E-state index in [1.807, 2.05) is 0 Å². The molecule has 0 fully saturated rings. The van der Waals surface area contributed by atoms with Crippen LogP contribution in [0, 0.1) is 0 Å². The summed E-state index contributed by atoms with van der Waals surface area (Å²) in [5.41, 5.74) is 2.25. The minimum atomic E-state index is -0.992. The van der Waals surface area contributed by atoms with Crippen LogP contribution < -0.4 is 10.6 Å². The first-order valence-electron chi connectivity index (χ1n) is 5.87. The lowest BCUT2D eigenvalue weighted by molar-refractivity contribution is -0.137. The molecular weight excluding hydrogens is 248 g/mol. The van der Waals surface area contributed by atoms with Gasteiger partial charge in [-0.25, -0.2) is 0 Å². The number of aliphatic carboxylic acids is 1. The summed E-state index contributed by atoms with van der Waals surface area (Å²) < 4.78 is 0.